The zero-order valence-electron chi connectivity index (χ0n) is 21.7. The van der Waals surface area contributed by atoms with Crippen molar-refractivity contribution in [3.63, 3.8) is 0 Å². The molecule has 3 aliphatic rings. The molecule has 1 aliphatic carbocycles. The maximum absolute atomic E-state index is 14.3. The number of ether oxygens (including phenoxy) is 1. The Labute approximate surface area is 216 Å². The summed E-state index contributed by atoms with van der Waals surface area (Å²) in [6, 6.07) is 4.13. The van der Waals surface area contributed by atoms with Crippen LogP contribution in [0.4, 0.5) is 20.6 Å². The first-order chi connectivity index (χ1) is 17.8. The Morgan fingerprint density at radius 1 is 1.14 bits per heavy atom. The summed E-state index contributed by atoms with van der Waals surface area (Å²) in [7, 11) is 0. The summed E-state index contributed by atoms with van der Waals surface area (Å²) in [5, 5.41) is 4.07. The largest absolute Gasteiger partial charge is 0.489 e. The SMILES string of the molecule is CC(C)c1noc(N2CCC([C@H](C)Oc3ccc(N4C[C@H](C5=CC(F)CC=C5F)[C@@H](N)C4)nc3)CC2)n1. The number of allylic oxidation sites excluding steroid dienone is 3. The van der Waals surface area contributed by atoms with Crippen LogP contribution < -0.4 is 20.3 Å². The molecule has 0 radical (unpaired) electrons. The van der Waals surface area contributed by atoms with Gasteiger partial charge in [0.05, 0.1) is 12.3 Å². The number of halogens is 2. The molecule has 2 saturated heterocycles. The fraction of sp³-hybridized carbons (Fsp3) is 0.593. The number of rotatable bonds is 7. The highest BCUT2D eigenvalue weighted by atomic mass is 19.1. The summed E-state index contributed by atoms with van der Waals surface area (Å²) >= 11 is 0. The lowest BCUT2D eigenvalue weighted by Gasteiger charge is -2.33. The fourth-order valence-electron chi connectivity index (χ4n) is 5.41. The van der Waals surface area contributed by atoms with Crippen molar-refractivity contribution in [3.8, 4) is 5.75 Å². The number of piperidine rings is 1. The van der Waals surface area contributed by atoms with Gasteiger partial charge in [-0.1, -0.05) is 19.0 Å². The molecular weight excluding hydrogens is 478 g/mol. The van der Waals surface area contributed by atoms with E-state index in [1.807, 2.05) is 30.9 Å². The predicted molar refractivity (Wildman–Crippen MR) is 138 cm³/mol. The van der Waals surface area contributed by atoms with Crippen LogP contribution in [0.15, 0.2) is 46.4 Å². The maximum Gasteiger partial charge on any atom is 0.324 e. The van der Waals surface area contributed by atoms with Crippen molar-refractivity contribution in [1.82, 2.24) is 15.1 Å². The van der Waals surface area contributed by atoms with Crippen LogP contribution in [-0.4, -0.2) is 59.6 Å². The van der Waals surface area contributed by atoms with Gasteiger partial charge in [-0.25, -0.2) is 13.8 Å². The van der Waals surface area contributed by atoms with Gasteiger partial charge in [0.25, 0.3) is 0 Å². The third kappa shape index (κ3) is 5.63. The lowest BCUT2D eigenvalue weighted by molar-refractivity contribution is 0.131. The molecule has 2 aromatic rings. The average Bonchev–Trinajstić information content (AvgIpc) is 3.54. The third-order valence-corrected chi connectivity index (χ3v) is 7.71. The van der Waals surface area contributed by atoms with Crippen LogP contribution in [0.1, 0.15) is 51.8 Å². The van der Waals surface area contributed by atoms with Gasteiger partial charge in [0.15, 0.2) is 5.82 Å². The van der Waals surface area contributed by atoms with Crippen molar-refractivity contribution in [2.45, 2.75) is 64.3 Å². The number of anilines is 2. The van der Waals surface area contributed by atoms with Gasteiger partial charge in [-0.3, -0.25) is 0 Å². The molecule has 2 N–H and O–H groups in total. The Hall–Kier alpha value is -3.01. The van der Waals surface area contributed by atoms with Crippen molar-refractivity contribution in [2.75, 3.05) is 36.0 Å². The van der Waals surface area contributed by atoms with Crippen molar-refractivity contribution in [2.24, 2.45) is 17.6 Å². The number of nitrogens with zero attached hydrogens (tertiary/aromatic N) is 5. The topological polar surface area (TPSA) is 93.5 Å². The van der Waals surface area contributed by atoms with E-state index >= 15 is 0 Å². The quantitative estimate of drug-likeness (QED) is 0.575. The number of aromatic nitrogens is 3. The van der Waals surface area contributed by atoms with Crippen LogP contribution in [0.5, 0.6) is 5.75 Å². The molecule has 2 aromatic heterocycles. The number of alkyl halides is 1. The lowest BCUT2D eigenvalue weighted by Crippen LogP contribution is -2.38. The summed E-state index contributed by atoms with van der Waals surface area (Å²) in [5.41, 5.74) is 6.70. The molecule has 2 aliphatic heterocycles. The molecule has 4 atom stereocenters. The second-order valence-electron chi connectivity index (χ2n) is 10.7. The average molecular weight is 515 g/mol. The highest BCUT2D eigenvalue weighted by Crippen LogP contribution is 2.35. The molecule has 5 rings (SSSR count). The van der Waals surface area contributed by atoms with E-state index in [1.54, 1.807) is 6.20 Å². The number of pyridine rings is 1. The van der Waals surface area contributed by atoms with E-state index < -0.39 is 6.17 Å². The van der Waals surface area contributed by atoms with Gasteiger partial charge in [-0.2, -0.15) is 4.98 Å². The monoisotopic (exact) mass is 514 g/mol. The summed E-state index contributed by atoms with van der Waals surface area (Å²) < 4.78 is 39.9. The van der Waals surface area contributed by atoms with Crippen molar-refractivity contribution >= 4 is 11.8 Å². The molecule has 1 unspecified atom stereocenters. The minimum absolute atomic E-state index is 0.0370. The third-order valence-electron chi connectivity index (χ3n) is 7.71. The molecule has 0 spiro atoms. The lowest BCUT2D eigenvalue weighted by atomic mass is 9.89. The fourth-order valence-corrected chi connectivity index (χ4v) is 5.41. The second kappa shape index (κ2) is 10.8. The summed E-state index contributed by atoms with van der Waals surface area (Å²) in [6.45, 7) is 8.93. The predicted octanol–water partition coefficient (Wildman–Crippen LogP) is 4.56. The van der Waals surface area contributed by atoms with Crippen molar-refractivity contribution in [1.29, 1.82) is 0 Å². The molecule has 0 bridgehead atoms. The molecule has 37 heavy (non-hydrogen) atoms. The van der Waals surface area contributed by atoms with Crippen LogP contribution in [-0.2, 0) is 0 Å². The Bertz CT molecular complexity index is 1130. The van der Waals surface area contributed by atoms with E-state index in [0.29, 0.717) is 36.3 Å². The standard InChI is InChI=1S/C27H36F2N6O2/c1-16(2)26-32-27(37-33-26)34-10-8-18(9-11-34)17(3)36-20-5-7-25(31-13-20)35-14-22(24(30)15-35)21-12-19(28)4-6-23(21)29/h5-7,12-13,16-19,22,24H,4,8-11,14-15,30H2,1-3H3/t17-,19?,22+,24-/m0/s1. The van der Waals surface area contributed by atoms with Gasteiger partial charge in [0, 0.05) is 50.5 Å². The first-order valence-electron chi connectivity index (χ1n) is 13.2. The molecule has 0 aromatic carbocycles. The first kappa shape index (κ1) is 25.6. The second-order valence-corrected chi connectivity index (χ2v) is 10.7. The molecule has 0 saturated carbocycles. The Morgan fingerprint density at radius 3 is 2.59 bits per heavy atom. The number of hydrogen-bond donors (Lipinski definition) is 1. The Morgan fingerprint density at radius 2 is 1.92 bits per heavy atom. The Balaban J connectivity index is 1.14. The molecular formula is C27H36F2N6O2. The van der Waals surface area contributed by atoms with Gasteiger partial charge in [-0.15, -0.1) is 0 Å². The minimum atomic E-state index is -1.16. The molecule has 0 amide bonds. The van der Waals surface area contributed by atoms with Gasteiger partial charge in [0.2, 0.25) is 0 Å². The molecule has 10 heteroatoms. The molecule has 200 valence electrons. The van der Waals surface area contributed by atoms with Crippen LogP contribution in [0.25, 0.3) is 0 Å². The summed E-state index contributed by atoms with van der Waals surface area (Å²) in [5.74, 6) is 2.23. The minimum Gasteiger partial charge on any atom is -0.489 e. The van der Waals surface area contributed by atoms with E-state index in [0.717, 1.165) is 37.6 Å². The van der Waals surface area contributed by atoms with Gasteiger partial charge < -0.3 is 24.8 Å². The highest BCUT2D eigenvalue weighted by Gasteiger charge is 2.36. The van der Waals surface area contributed by atoms with Crippen LogP contribution in [0.2, 0.25) is 0 Å². The molecule has 4 heterocycles. The van der Waals surface area contributed by atoms with Crippen LogP contribution in [0, 0.1) is 11.8 Å². The maximum atomic E-state index is 14.3. The van der Waals surface area contributed by atoms with E-state index in [-0.39, 0.29) is 36.2 Å². The van der Waals surface area contributed by atoms with Crippen molar-refractivity contribution < 1.29 is 18.0 Å². The normalized spacial score (nSPS) is 25.9. The van der Waals surface area contributed by atoms with E-state index in [4.69, 9.17) is 15.0 Å². The summed E-state index contributed by atoms with van der Waals surface area (Å²) in [6.07, 6.45) is 5.33. The van der Waals surface area contributed by atoms with E-state index in [1.165, 1.54) is 12.2 Å². The first-order valence-corrected chi connectivity index (χ1v) is 13.2. The van der Waals surface area contributed by atoms with Gasteiger partial charge in [-0.05, 0) is 55.5 Å². The van der Waals surface area contributed by atoms with E-state index in [2.05, 4.69) is 26.9 Å². The van der Waals surface area contributed by atoms with Gasteiger partial charge >= 0.3 is 6.01 Å². The van der Waals surface area contributed by atoms with Crippen molar-refractivity contribution in [3.05, 3.63) is 47.7 Å². The molecule has 2 fully saturated rings. The van der Waals surface area contributed by atoms with Crippen LogP contribution >= 0.6 is 0 Å². The zero-order chi connectivity index (χ0) is 26.1. The Kier molecular flexibility index (Phi) is 7.46. The zero-order valence-corrected chi connectivity index (χ0v) is 21.7. The highest BCUT2D eigenvalue weighted by molar-refractivity contribution is 5.46. The van der Waals surface area contributed by atoms with E-state index in [9.17, 15) is 8.78 Å². The smallest absolute Gasteiger partial charge is 0.324 e. The number of nitrogens with two attached hydrogens (primary N) is 1. The van der Waals surface area contributed by atoms with Gasteiger partial charge in [0.1, 0.15) is 23.6 Å². The molecule has 8 nitrogen and oxygen atoms in total. The van der Waals surface area contributed by atoms with Crippen LogP contribution in [0.3, 0.4) is 0 Å². The summed E-state index contributed by atoms with van der Waals surface area (Å²) in [4.78, 5) is 13.3. The number of hydrogen-bond acceptors (Lipinski definition) is 8.